The van der Waals surface area contributed by atoms with Gasteiger partial charge in [-0.15, -0.1) is 0 Å². The van der Waals surface area contributed by atoms with Gasteiger partial charge in [0.05, 0.1) is 12.2 Å². The van der Waals surface area contributed by atoms with Crippen molar-refractivity contribution in [2.45, 2.75) is 89.9 Å². The smallest absolute Gasteiger partial charge is 0.144 e. The van der Waals surface area contributed by atoms with Crippen molar-refractivity contribution in [1.29, 1.82) is 0 Å². The van der Waals surface area contributed by atoms with Crippen molar-refractivity contribution in [3.05, 3.63) is 47.3 Å². The van der Waals surface area contributed by atoms with Crippen LogP contribution in [0.4, 0.5) is 0 Å². The Morgan fingerprint density at radius 1 is 1.19 bits per heavy atom. The average Bonchev–Trinajstić information content (AvgIpc) is 3.35. The molecule has 170 valence electrons. The number of aliphatic hydroxyl groups excluding tert-OH is 2. The lowest BCUT2D eigenvalue weighted by Crippen LogP contribution is -2.39. The standard InChI is InChI=1S/C27H38O4/c1-16-20(13-21(28)14-24(16)29)9-6-18-5-4-12-27(3)22(10-11-23(18)27)17(2)25-15-26(31-30-25)19-7-8-19/h6,9,15,17,19,21-25,28-29H,1,4-5,7-8,10-14H2,2-3H3/b18-6+,20-9-/t17-,21+,22+,23?,24-,25+,27+/m0/s1. The minimum Gasteiger partial charge on any atom is -0.393 e. The first-order valence-electron chi connectivity index (χ1n) is 12.4. The second kappa shape index (κ2) is 8.20. The molecule has 2 N–H and O–H groups in total. The van der Waals surface area contributed by atoms with Crippen molar-refractivity contribution in [3.63, 3.8) is 0 Å². The van der Waals surface area contributed by atoms with Gasteiger partial charge >= 0.3 is 0 Å². The first-order chi connectivity index (χ1) is 14.9. The summed E-state index contributed by atoms with van der Waals surface area (Å²) in [6, 6.07) is 0. The van der Waals surface area contributed by atoms with Crippen LogP contribution in [0.5, 0.6) is 0 Å². The lowest BCUT2D eigenvalue weighted by atomic mass is 9.60. The molecule has 4 aliphatic carbocycles. The molecule has 4 fully saturated rings. The fraction of sp³-hybridized carbons (Fsp3) is 0.704. The van der Waals surface area contributed by atoms with Crippen LogP contribution in [0.1, 0.15) is 71.6 Å². The predicted octanol–water partition coefficient (Wildman–Crippen LogP) is 5.39. The summed E-state index contributed by atoms with van der Waals surface area (Å²) in [6.45, 7) is 8.92. The van der Waals surface area contributed by atoms with Gasteiger partial charge < -0.3 is 15.1 Å². The molecule has 5 rings (SSSR count). The van der Waals surface area contributed by atoms with E-state index in [9.17, 15) is 10.2 Å². The molecule has 1 aliphatic heterocycles. The Hall–Kier alpha value is -1.36. The third-order valence-corrected chi connectivity index (χ3v) is 9.02. The van der Waals surface area contributed by atoms with E-state index >= 15 is 0 Å². The fourth-order valence-electron chi connectivity index (χ4n) is 6.98. The monoisotopic (exact) mass is 426 g/mol. The highest BCUT2D eigenvalue weighted by molar-refractivity contribution is 5.38. The van der Waals surface area contributed by atoms with Gasteiger partial charge in [-0.05, 0) is 91.8 Å². The Balaban J connectivity index is 1.33. The molecule has 4 heteroatoms. The summed E-state index contributed by atoms with van der Waals surface area (Å²) in [6.07, 6.45) is 15.3. The molecule has 0 spiro atoms. The molecule has 0 saturated heterocycles. The summed E-state index contributed by atoms with van der Waals surface area (Å²) in [4.78, 5) is 11.4. The summed E-state index contributed by atoms with van der Waals surface area (Å²) in [5.74, 6) is 3.36. The quantitative estimate of drug-likeness (QED) is 0.592. The molecule has 4 nitrogen and oxygen atoms in total. The van der Waals surface area contributed by atoms with Gasteiger partial charge in [-0.1, -0.05) is 38.2 Å². The Bertz CT molecular complexity index is 819. The maximum Gasteiger partial charge on any atom is 0.144 e. The first-order valence-corrected chi connectivity index (χ1v) is 12.4. The molecule has 0 aromatic heterocycles. The third-order valence-electron chi connectivity index (χ3n) is 9.02. The van der Waals surface area contributed by atoms with Gasteiger partial charge in [0.2, 0.25) is 0 Å². The van der Waals surface area contributed by atoms with Crippen LogP contribution in [0.15, 0.2) is 47.3 Å². The Labute approximate surface area is 186 Å². The van der Waals surface area contributed by atoms with Gasteiger partial charge in [0.25, 0.3) is 0 Å². The van der Waals surface area contributed by atoms with Crippen molar-refractivity contribution in [1.82, 2.24) is 0 Å². The summed E-state index contributed by atoms with van der Waals surface area (Å²) in [5.41, 5.74) is 3.61. The van der Waals surface area contributed by atoms with Gasteiger partial charge in [-0.25, -0.2) is 0 Å². The second-order valence-electron chi connectivity index (χ2n) is 11.0. The molecule has 1 heterocycles. The molecule has 5 aliphatic rings. The summed E-state index contributed by atoms with van der Waals surface area (Å²) in [7, 11) is 0. The largest absolute Gasteiger partial charge is 0.393 e. The zero-order valence-corrected chi connectivity index (χ0v) is 19.1. The molecular formula is C27H38O4. The van der Waals surface area contributed by atoms with Crippen molar-refractivity contribution >= 4 is 0 Å². The maximum atomic E-state index is 10.2. The van der Waals surface area contributed by atoms with E-state index in [1.807, 2.05) is 0 Å². The highest BCUT2D eigenvalue weighted by atomic mass is 17.2. The molecule has 0 radical (unpaired) electrons. The van der Waals surface area contributed by atoms with Gasteiger partial charge in [0.1, 0.15) is 11.9 Å². The van der Waals surface area contributed by atoms with Crippen molar-refractivity contribution in [3.8, 4) is 0 Å². The van der Waals surface area contributed by atoms with Crippen LogP contribution in [0.2, 0.25) is 0 Å². The summed E-state index contributed by atoms with van der Waals surface area (Å²) < 4.78 is 0. The zero-order valence-electron chi connectivity index (χ0n) is 19.1. The molecule has 4 saturated carbocycles. The lowest BCUT2D eigenvalue weighted by molar-refractivity contribution is -0.278. The average molecular weight is 427 g/mol. The highest BCUT2D eigenvalue weighted by Crippen LogP contribution is 2.60. The van der Waals surface area contributed by atoms with E-state index in [1.165, 1.54) is 44.1 Å². The van der Waals surface area contributed by atoms with Crippen LogP contribution in [0, 0.1) is 29.1 Å². The Kier molecular flexibility index (Phi) is 5.69. The molecule has 0 amide bonds. The molecule has 31 heavy (non-hydrogen) atoms. The molecule has 7 atom stereocenters. The van der Waals surface area contributed by atoms with E-state index in [0.717, 1.165) is 23.3 Å². The van der Waals surface area contributed by atoms with E-state index in [1.54, 1.807) is 0 Å². The Morgan fingerprint density at radius 2 is 2.00 bits per heavy atom. The SMILES string of the molecule is C=C1/C(=C\C=C2/CCC[C@@]3(C)C2CC[C@@H]3[C@H](C)[C@H]2C=C(C3CC3)OO2)C[C@@H](O)C[C@@H]1O. The van der Waals surface area contributed by atoms with Crippen LogP contribution in [0.3, 0.4) is 0 Å². The fourth-order valence-corrected chi connectivity index (χ4v) is 6.98. The number of hydrogen-bond acceptors (Lipinski definition) is 4. The van der Waals surface area contributed by atoms with E-state index in [4.69, 9.17) is 9.78 Å². The third kappa shape index (κ3) is 3.96. The van der Waals surface area contributed by atoms with Gasteiger partial charge in [0.15, 0.2) is 0 Å². The van der Waals surface area contributed by atoms with Crippen molar-refractivity contribution in [2.24, 2.45) is 29.1 Å². The van der Waals surface area contributed by atoms with Gasteiger partial charge in [-0.2, -0.15) is 4.89 Å². The van der Waals surface area contributed by atoms with E-state index in [-0.39, 0.29) is 6.10 Å². The van der Waals surface area contributed by atoms with Crippen molar-refractivity contribution < 1.29 is 20.0 Å². The summed E-state index contributed by atoms with van der Waals surface area (Å²) >= 11 is 0. The molecule has 0 aromatic carbocycles. The number of allylic oxidation sites excluding steroid dienone is 4. The van der Waals surface area contributed by atoms with Crippen LogP contribution < -0.4 is 0 Å². The Morgan fingerprint density at radius 3 is 2.77 bits per heavy atom. The van der Waals surface area contributed by atoms with Crippen LogP contribution in [0.25, 0.3) is 0 Å². The molecule has 0 bridgehead atoms. The van der Waals surface area contributed by atoms with Gasteiger partial charge in [0, 0.05) is 12.3 Å². The van der Waals surface area contributed by atoms with Crippen LogP contribution >= 0.6 is 0 Å². The van der Waals surface area contributed by atoms with Crippen LogP contribution in [-0.2, 0) is 9.78 Å². The molecule has 1 unspecified atom stereocenters. The normalized spacial score (nSPS) is 44.3. The van der Waals surface area contributed by atoms with Crippen molar-refractivity contribution in [2.75, 3.05) is 0 Å². The summed E-state index contributed by atoms with van der Waals surface area (Å²) in [5, 5.41) is 20.2. The minimum absolute atomic E-state index is 0.0844. The van der Waals surface area contributed by atoms with E-state index < -0.39 is 12.2 Å². The first kappa shape index (κ1) is 21.5. The molecule has 0 aromatic rings. The number of aliphatic hydroxyl groups is 2. The van der Waals surface area contributed by atoms with Crippen LogP contribution in [-0.4, -0.2) is 28.5 Å². The minimum atomic E-state index is -0.621. The maximum absolute atomic E-state index is 10.2. The number of fused-ring (bicyclic) bond motifs is 1. The zero-order chi connectivity index (χ0) is 21.8. The highest BCUT2D eigenvalue weighted by Gasteiger charge is 2.52. The van der Waals surface area contributed by atoms with E-state index in [0.29, 0.717) is 41.9 Å². The predicted molar refractivity (Wildman–Crippen MR) is 121 cm³/mol. The molecular weight excluding hydrogens is 388 g/mol. The second-order valence-corrected chi connectivity index (χ2v) is 11.0. The number of hydrogen-bond donors (Lipinski definition) is 2. The van der Waals surface area contributed by atoms with Gasteiger partial charge in [-0.3, -0.25) is 0 Å². The number of rotatable bonds is 4. The topological polar surface area (TPSA) is 58.9 Å². The lowest BCUT2D eigenvalue weighted by Gasteiger charge is -2.44. The van der Waals surface area contributed by atoms with E-state index in [2.05, 4.69) is 38.7 Å².